The molecule has 1 heterocycles. The van der Waals surface area contributed by atoms with E-state index in [1.807, 2.05) is 54.6 Å². The number of carbonyl (C=O) groups is 2. The van der Waals surface area contributed by atoms with Crippen molar-refractivity contribution < 1.29 is 14.7 Å². The average molecular weight is 507 g/mol. The largest absolute Gasteiger partial charge is 0.389 e. The minimum Gasteiger partial charge on any atom is -0.389 e. The van der Waals surface area contributed by atoms with Crippen molar-refractivity contribution in [2.45, 2.75) is 63.9 Å². The van der Waals surface area contributed by atoms with Crippen molar-refractivity contribution in [3.05, 3.63) is 76.3 Å². The maximum absolute atomic E-state index is 12.7. The van der Waals surface area contributed by atoms with E-state index in [0.29, 0.717) is 35.4 Å². The van der Waals surface area contributed by atoms with Gasteiger partial charge in [0.1, 0.15) is 5.01 Å². The Balaban J connectivity index is 1.24. The summed E-state index contributed by atoms with van der Waals surface area (Å²) in [6.07, 6.45) is 5.28. The third-order valence-electron chi connectivity index (χ3n) is 6.57. The van der Waals surface area contributed by atoms with Crippen molar-refractivity contribution in [3.63, 3.8) is 0 Å². The van der Waals surface area contributed by atoms with Gasteiger partial charge in [-0.3, -0.25) is 14.9 Å². The third-order valence-corrected chi connectivity index (χ3v) is 7.41. The molecule has 1 fully saturated rings. The van der Waals surface area contributed by atoms with Crippen LogP contribution in [0.5, 0.6) is 0 Å². The molecule has 8 heteroatoms. The molecule has 0 radical (unpaired) electrons. The molecule has 0 aliphatic heterocycles. The Morgan fingerprint density at radius 3 is 2.36 bits per heavy atom. The number of rotatable bonds is 9. The van der Waals surface area contributed by atoms with Gasteiger partial charge in [-0.2, -0.15) is 0 Å². The zero-order chi connectivity index (χ0) is 25.5. The lowest BCUT2D eigenvalue weighted by molar-refractivity contribution is -0.123. The van der Waals surface area contributed by atoms with Gasteiger partial charge >= 0.3 is 0 Å². The Morgan fingerprint density at radius 1 is 1.00 bits per heavy atom. The lowest BCUT2D eigenvalue weighted by Crippen LogP contribution is -2.39. The van der Waals surface area contributed by atoms with Crippen molar-refractivity contribution in [3.8, 4) is 0 Å². The molecule has 0 unspecified atom stereocenters. The fourth-order valence-electron chi connectivity index (χ4n) is 4.57. The van der Waals surface area contributed by atoms with Crippen LogP contribution in [-0.4, -0.2) is 39.3 Å². The van der Waals surface area contributed by atoms with Crippen LogP contribution in [0.15, 0.2) is 54.6 Å². The molecule has 0 atom stereocenters. The normalized spacial score (nSPS) is 18.0. The maximum atomic E-state index is 12.7. The highest BCUT2D eigenvalue weighted by molar-refractivity contribution is 7.15. The second kappa shape index (κ2) is 11.8. The van der Waals surface area contributed by atoms with E-state index in [1.165, 1.54) is 16.9 Å². The summed E-state index contributed by atoms with van der Waals surface area (Å²) in [5.74, 6) is 0.650. The van der Waals surface area contributed by atoms with Gasteiger partial charge in [0, 0.05) is 24.9 Å². The topological polar surface area (TPSA) is 104 Å². The number of anilines is 1. The number of hydrogen-bond acceptors (Lipinski definition) is 6. The van der Waals surface area contributed by atoms with Crippen molar-refractivity contribution >= 4 is 28.3 Å². The van der Waals surface area contributed by atoms with Crippen LogP contribution in [0.4, 0.5) is 5.13 Å². The molecule has 3 N–H and O–H groups in total. The summed E-state index contributed by atoms with van der Waals surface area (Å²) in [7, 11) is 0. The molecule has 0 bridgehead atoms. The van der Waals surface area contributed by atoms with Crippen molar-refractivity contribution in [2.75, 3.05) is 11.9 Å². The molecule has 1 saturated carbocycles. The highest BCUT2D eigenvalue weighted by Crippen LogP contribution is 2.37. The lowest BCUT2D eigenvalue weighted by Gasteiger charge is -2.29. The predicted molar refractivity (Wildman–Crippen MR) is 142 cm³/mol. The van der Waals surface area contributed by atoms with E-state index in [2.05, 4.69) is 20.8 Å². The number of aromatic nitrogens is 2. The van der Waals surface area contributed by atoms with E-state index in [-0.39, 0.29) is 18.4 Å². The summed E-state index contributed by atoms with van der Waals surface area (Å²) in [5, 5.41) is 25.1. The second-order valence-corrected chi connectivity index (χ2v) is 11.3. The molecule has 36 heavy (non-hydrogen) atoms. The molecular weight excluding hydrogens is 472 g/mol. The molecule has 1 aromatic heterocycles. The van der Waals surface area contributed by atoms with Gasteiger partial charge in [-0.05, 0) is 74.6 Å². The van der Waals surface area contributed by atoms with Crippen LogP contribution in [0.2, 0.25) is 0 Å². The van der Waals surface area contributed by atoms with Crippen LogP contribution in [0.1, 0.15) is 78.4 Å². The molecule has 1 aliphatic rings. The van der Waals surface area contributed by atoms with E-state index in [1.54, 1.807) is 13.8 Å². The summed E-state index contributed by atoms with van der Waals surface area (Å²) in [6.45, 7) is 3.65. The van der Waals surface area contributed by atoms with Gasteiger partial charge in [0.25, 0.3) is 5.91 Å². The summed E-state index contributed by atoms with van der Waals surface area (Å²) < 4.78 is 0. The summed E-state index contributed by atoms with van der Waals surface area (Å²) in [6, 6.07) is 17.9. The van der Waals surface area contributed by atoms with Gasteiger partial charge < -0.3 is 10.4 Å². The minimum atomic E-state index is -0.890. The van der Waals surface area contributed by atoms with Gasteiger partial charge in [0.2, 0.25) is 11.0 Å². The Labute approximate surface area is 216 Å². The van der Waals surface area contributed by atoms with E-state index >= 15 is 0 Å². The predicted octanol–water partition coefficient (Wildman–Crippen LogP) is 4.93. The quantitative estimate of drug-likeness (QED) is 0.382. The van der Waals surface area contributed by atoms with Crippen LogP contribution in [0, 0.1) is 5.92 Å². The highest BCUT2D eigenvalue weighted by atomic mass is 32.1. The van der Waals surface area contributed by atoms with Crippen LogP contribution in [-0.2, 0) is 11.2 Å². The first-order chi connectivity index (χ1) is 17.2. The van der Waals surface area contributed by atoms with Gasteiger partial charge in [-0.1, -0.05) is 53.8 Å². The third kappa shape index (κ3) is 7.70. The van der Waals surface area contributed by atoms with E-state index in [9.17, 15) is 14.7 Å². The Bertz CT molecular complexity index is 1150. The Morgan fingerprint density at radius 2 is 1.69 bits per heavy atom. The number of amides is 2. The van der Waals surface area contributed by atoms with E-state index in [0.717, 1.165) is 36.3 Å². The molecule has 3 aromatic rings. The van der Waals surface area contributed by atoms with Crippen LogP contribution in [0.3, 0.4) is 0 Å². The van der Waals surface area contributed by atoms with Crippen LogP contribution in [0.25, 0.3) is 0 Å². The highest BCUT2D eigenvalue weighted by Gasteiger charge is 2.25. The zero-order valence-electron chi connectivity index (χ0n) is 20.9. The number of nitrogens with one attached hydrogen (secondary N) is 2. The number of carbonyl (C=O) groups excluding carboxylic acids is 2. The Hall–Kier alpha value is -3.10. The Kier molecular flexibility index (Phi) is 8.48. The monoisotopic (exact) mass is 506 g/mol. The minimum absolute atomic E-state index is 0.0126. The van der Waals surface area contributed by atoms with Gasteiger partial charge in [0.15, 0.2) is 0 Å². The van der Waals surface area contributed by atoms with Crippen LogP contribution < -0.4 is 10.6 Å². The van der Waals surface area contributed by atoms with Crippen molar-refractivity contribution in [1.29, 1.82) is 0 Å². The van der Waals surface area contributed by atoms with E-state index in [4.69, 9.17) is 0 Å². The molecule has 0 saturated heterocycles. The summed E-state index contributed by atoms with van der Waals surface area (Å²) in [5.41, 5.74) is 2.09. The van der Waals surface area contributed by atoms with Gasteiger partial charge in [0.05, 0.1) is 5.60 Å². The smallest absolute Gasteiger partial charge is 0.257 e. The molecule has 4 rings (SSSR count). The molecular formula is C28H34N4O3S. The van der Waals surface area contributed by atoms with Crippen LogP contribution >= 0.6 is 11.3 Å². The van der Waals surface area contributed by atoms with E-state index < -0.39 is 5.60 Å². The standard InChI is InChI=1S/C28H34N4O3S/c1-28(2,35)18-29-24(33)16-20-8-10-21(11-9-20)22-12-14-23(15-13-22)26(34)30-27-32-31-25(36-27)17-19-6-4-3-5-7-19/h3-7,12-15,20-21,35H,8-11,16-18H2,1-2H3,(H,29,33)(H,30,32,34)/t20-,21-. The first kappa shape index (κ1) is 26.0. The fraction of sp³-hybridized carbons (Fsp3) is 0.429. The van der Waals surface area contributed by atoms with Crippen molar-refractivity contribution in [1.82, 2.24) is 15.5 Å². The number of nitrogens with zero attached hydrogens (tertiary/aromatic N) is 2. The summed E-state index contributed by atoms with van der Waals surface area (Å²) >= 11 is 1.39. The van der Waals surface area contributed by atoms with Gasteiger partial charge in [-0.25, -0.2) is 0 Å². The zero-order valence-corrected chi connectivity index (χ0v) is 21.7. The number of benzene rings is 2. The molecule has 1 aliphatic carbocycles. The van der Waals surface area contributed by atoms with Crippen molar-refractivity contribution in [2.24, 2.45) is 5.92 Å². The average Bonchev–Trinajstić information content (AvgIpc) is 3.30. The molecule has 190 valence electrons. The first-order valence-electron chi connectivity index (χ1n) is 12.5. The molecule has 0 spiro atoms. The molecule has 2 amide bonds. The lowest BCUT2D eigenvalue weighted by atomic mass is 9.77. The second-order valence-electron chi connectivity index (χ2n) is 10.3. The van der Waals surface area contributed by atoms with Gasteiger partial charge in [-0.15, -0.1) is 10.2 Å². The molecule has 7 nitrogen and oxygen atoms in total. The molecule has 2 aromatic carbocycles. The summed E-state index contributed by atoms with van der Waals surface area (Å²) in [4.78, 5) is 24.9. The maximum Gasteiger partial charge on any atom is 0.257 e. The SMILES string of the molecule is CC(C)(O)CNC(=O)C[C@H]1CC[C@H](c2ccc(C(=O)Nc3nnc(Cc4ccccc4)s3)cc2)CC1. The number of aliphatic hydroxyl groups is 1. The fourth-order valence-corrected chi connectivity index (χ4v) is 5.34. The number of hydrogen-bond donors (Lipinski definition) is 3. The first-order valence-corrected chi connectivity index (χ1v) is 13.3.